The maximum absolute atomic E-state index is 11.9. The molecule has 1 aromatic carbocycles. The molecule has 1 aliphatic rings. The number of carbonyl (C=O) groups excluding carboxylic acids is 1. The summed E-state index contributed by atoms with van der Waals surface area (Å²) >= 11 is 11.9. The zero-order valence-electron chi connectivity index (χ0n) is 11.3. The third kappa shape index (κ3) is 4.00. The molecule has 1 heterocycles. The Bertz CT molecular complexity index is 557. The number of carboxylic acid groups (broad SMARTS) is 1. The summed E-state index contributed by atoms with van der Waals surface area (Å²) in [6.07, 6.45) is 0.878. The predicted molar refractivity (Wildman–Crippen MR) is 81.5 cm³/mol. The third-order valence-corrected chi connectivity index (χ3v) is 3.85. The van der Waals surface area contributed by atoms with Crippen LogP contribution in [0, 0.1) is 0 Å². The van der Waals surface area contributed by atoms with Crippen molar-refractivity contribution in [3.8, 4) is 0 Å². The number of benzene rings is 1. The van der Waals surface area contributed by atoms with Crippen molar-refractivity contribution < 1.29 is 14.7 Å². The largest absolute Gasteiger partial charge is 0.478 e. The highest BCUT2D eigenvalue weighted by Crippen LogP contribution is 2.31. The van der Waals surface area contributed by atoms with Gasteiger partial charge in [-0.15, -0.1) is 0 Å². The lowest BCUT2D eigenvalue weighted by atomic mass is 10.2. The van der Waals surface area contributed by atoms with E-state index in [0.29, 0.717) is 0 Å². The average Bonchev–Trinajstić information content (AvgIpc) is 2.78. The maximum Gasteiger partial charge on any atom is 0.335 e. The van der Waals surface area contributed by atoms with Crippen LogP contribution in [0.5, 0.6) is 0 Å². The van der Waals surface area contributed by atoms with Crippen LogP contribution in [-0.2, 0) is 0 Å². The molecule has 3 N–H and O–H groups in total. The lowest BCUT2D eigenvalue weighted by Crippen LogP contribution is -2.39. The number of likely N-dealkylation sites (N-methyl/N-ethyl adjacent to an activating group) is 1. The number of rotatable bonds is 3. The number of hydrogen-bond acceptors (Lipinski definition) is 3. The van der Waals surface area contributed by atoms with Gasteiger partial charge in [0.25, 0.3) is 0 Å². The average molecular weight is 332 g/mol. The molecule has 0 aromatic heterocycles. The molecular formula is C13H15Cl2N3O3. The van der Waals surface area contributed by atoms with Gasteiger partial charge >= 0.3 is 12.0 Å². The van der Waals surface area contributed by atoms with E-state index in [1.165, 1.54) is 12.1 Å². The lowest BCUT2D eigenvalue weighted by Gasteiger charge is -2.15. The fraction of sp³-hybridized carbons (Fsp3) is 0.385. The Labute approximate surface area is 132 Å². The first kappa shape index (κ1) is 15.9. The quantitative estimate of drug-likeness (QED) is 0.794. The van der Waals surface area contributed by atoms with Gasteiger partial charge in [0.15, 0.2) is 0 Å². The van der Waals surface area contributed by atoms with E-state index in [1.54, 1.807) is 0 Å². The Morgan fingerprint density at radius 2 is 1.95 bits per heavy atom. The van der Waals surface area contributed by atoms with E-state index in [4.69, 9.17) is 28.3 Å². The van der Waals surface area contributed by atoms with Crippen LogP contribution in [0.4, 0.5) is 10.5 Å². The molecule has 2 rings (SSSR count). The molecule has 0 bridgehead atoms. The Morgan fingerprint density at radius 3 is 2.43 bits per heavy atom. The Kier molecular flexibility index (Phi) is 4.92. The van der Waals surface area contributed by atoms with E-state index in [2.05, 4.69) is 15.5 Å². The van der Waals surface area contributed by atoms with Crippen LogP contribution in [0.15, 0.2) is 12.1 Å². The van der Waals surface area contributed by atoms with Crippen molar-refractivity contribution in [1.29, 1.82) is 0 Å². The fourth-order valence-corrected chi connectivity index (χ4v) is 2.79. The Hall–Kier alpha value is -1.50. The van der Waals surface area contributed by atoms with Crippen molar-refractivity contribution in [2.75, 3.05) is 25.5 Å². The molecule has 1 fully saturated rings. The van der Waals surface area contributed by atoms with Crippen LogP contribution < -0.4 is 10.6 Å². The first-order valence-electron chi connectivity index (χ1n) is 6.35. The Morgan fingerprint density at radius 1 is 1.33 bits per heavy atom. The molecule has 0 saturated carbocycles. The van der Waals surface area contributed by atoms with Crippen molar-refractivity contribution in [2.45, 2.75) is 12.5 Å². The minimum atomic E-state index is -1.14. The molecule has 1 aliphatic heterocycles. The van der Waals surface area contributed by atoms with E-state index in [1.807, 2.05) is 7.05 Å². The highest BCUT2D eigenvalue weighted by Gasteiger charge is 2.22. The van der Waals surface area contributed by atoms with Crippen molar-refractivity contribution in [3.05, 3.63) is 27.7 Å². The third-order valence-electron chi connectivity index (χ3n) is 3.25. The monoisotopic (exact) mass is 331 g/mol. The zero-order chi connectivity index (χ0) is 15.6. The molecule has 1 aromatic rings. The van der Waals surface area contributed by atoms with Crippen LogP contribution in [0.1, 0.15) is 16.8 Å². The summed E-state index contributed by atoms with van der Waals surface area (Å²) in [7, 11) is 1.98. The summed E-state index contributed by atoms with van der Waals surface area (Å²) in [5, 5.41) is 14.4. The first-order chi connectivity index (χ1) is 9.86. The first-order valence-corrected chi connectivity index (χ1v) is 7.11. The van der Waals surface area contributed by atoms with Crippen LogP contribution in [-0.4, -0.2) is 48.2 Å². The number of hydrogen-bond donors (Lipinski definition) is 3. The highest BCUT2D eigenvalue weighted by atomic mass is 35.5. The summed E-state index contributed by atoms with van der Waals surface area (Å²) in [5.74, 6) is -1.14. The number of likely N-dealkylation sites (tertiary alicyclic amines) is 1. The van der Waals surface area contributed by atoms with E-state index in [0.717, 1.165) is 19.5 Å². The Balaban J connectivity index is 2.05. The standard InChI is InChI=1S/C13H15Cl2N3O3/c1-18-3-2-8(6-18)16-13(21)17-11-9(14)4-7(12(19)20)5-10(11)15/h4-5,8H,2-3,6H2,1H3,(H,19,20)(H2,16,17,21). The van der Waals surface area contributed by atoms with Gasteiger partial charge in [0, 0.05) is 12.6 Å². The number of carbonyl (C=O) groups is 2. The SMILES string of the molecule is CN1CCC(NC(=O)Nc2c(Cl)cc(C(=O)O)cc2Cl)C1. The van der Waals surface area contributed by atoms with Gasteiger partial charge in [-0.2, -0.15) is 0 Å². The van der Waals surface area contributed by atoms with Gasteiger partial charge in [-0.25, -0.2) is 9.59 Å². The second kappa shape index (κ2) is 6.51. The molecule has 2 amide bonds. The van der Waals surface area contributed by atoms with Gasteiger partial charge in [-0.05, 0) is 32.1 Å². The molecule has 114 valence electrons. The number of aromatic carboxylic acids is 1. The molecule has 1 atom stereocenters. The molecule has 0 spiro atoms. The van der Waals surface area contributed by atoms with Crippen molar-refractivity contribution in [2.24, 2.45) is 0 Å². The summed E-state index contributed by atoms with van der Waals surface area (Å²) in [6, 6.07) is 2.15. The second-order valence-corrected chi connectivity index (χ2v) is 5.78. The lowest BCUT2D eigenvalue weighted by molar-refractivity contribution is 0.0697. The van der Waals surface area contributed by atoms with Gasteiger partial charge in [0.1, 0.15) is 0 Å². The van der Waals surface area contributed by atoms with Gasteiger partial charge in [0.05, 0.1) is 21.3 Å². The summed E-state index contributed by atoms with van der Waals surface area (Å²) in [6.45, 7) is 1.71. The number of nitrogens with zero attached hydrogens (tertiary/aromatic N) is 1. The van der Waals surface area contributed by atoms with Crippen LogP contribution in [0.2, 0.25) is 10.0 Å². The van der Waals surface area contributed by atoms with Gasteiger partial charge in [0.2, 0.25) is 0 Å². The fourth-order valence-electron chi connectivity index (χ4n) is 2.20. The van der Waals surface area contributed by atoms with E-state index < -0.39 is 12.0 Å². The van der Waals surface area contributed by atoms with Crippen molar-refractivity contribution in [1.82, 2.24) is 10.2 Å². The highest BCUT2D eigenvalue weighted by molar-refractivity contribution is 6.40. The van der Waals surface area contributed by atoms with Crippen LogP contribution in [0.3, 0.4) is 0 Å². The number of halogens is 2. The van der Waals surface area contributed by atoms with Gasteiger partial charge in [-0.3, -0.25) is 0 Å². The minimum absolute atomic E-state index is 0.0339. The van der Waals surface area contributed by atoms with Crippen molar-refractivity contribution in [3.63, 3.8) is 0 Å². The zero-order valence-corrected chi connectivity index (χ0v) is 12.8. The van der Waals surface area contributed by atoms with Crippen LogP contribution >= 0.6 is 23.2 Å². The number of urea groups is 1. The number of carboxylic acids is 1. The normalized spacial score (nSPS) is 18.5. The molecule has 1 saturated heterocycles. The molecule has 8 heteroatoms. The minimum Gasteiger partial charge on any atom is -0.478 e. The molecule has 1 unspecified atom stereocenters. The van der Waals surface area contributed by atoms with E-state index in [9.17, 15) is 9.59 Å². The number of nitrogens with one attached hydrogen (secondary N) is 2. The number of amides is 2. The van der Waals surface area contributed by atoms with E-state index >= 15 is 0 Å². The predicted octanol–water partition coefficient (Wildman–Crippen LogP) is 2.52. The molecule has 0 aliphatic carbocycles. The van der Waals surface area contributed by atoms with Gasteiger partial charge < -0.3 is 20.6 Å². The van der Waals surface area contributed by atoms with Crippen molar-refractivity contribution >= 4 is 40.9 Å². The molecule has 0 radical (unpaired) electrons. The smallest absolute Gasteiger partial charge is 0.335 e. The van der Waals surface area contributed by atoms with Gasteiger partial charge in [-0.1, -0.05) is 23.2 Å². The summed E-state index contributed by atoms with van der Waals surface area (Å²) in [4.78, 5) is 24.9. The topological polar surface area (TPSA) is 81.7 Å². The van der Waals surface area contributed by atoms with Crippen LogP contribution in [0.25, 0.3) is 0 Å². The molecular weight excluding hydrogens is 317 g/mol. The maximum atomic E-state index is 11.9. The van der Waals surface area contributed by atoms with E-state index in [-0.39, 0.29) is 27.3 Å². The number of anilines is 1. The second-order valence-electron chi connectivity index (χ2n) is 4.97. The summed E-state index contributed by atoms with van der Waals surface area (Å²) in [5.41, 5.74) is 0.167. The molecule has 21 heavy (non-hydrogen) atoms. The molecule has 6 nitrogen and oxygen atoms in total. The summed E-state index contributed by atoms with van der Waals surface area (Å²) < 4.78 is 0.